The lowest BCUT2D eigenvalue weighted by Crippen LogP contribution is -2.45. The second-order valence-electron chi connectivity index (χ2n) is 7.56. The Bertz CT molecular complexity index is 1140. The Labute approximate surface area is 175 Å². The molecule has 1 aliphatic heterocycles. The summed E-state index contributed by atoms with van der Waals surface area (Å²) in [5, 5.41) is 3.72. The molecule has 0 radical (unpaired) electrons. The zero-order valence-electron chi connectivity index (χ0n) is 16.5. The lowest BCUT2D eigenvalue weighted by Gasteiger charge is -2.31. The van der Waals surface area contributed by atoms with Crippen LogP contribution in [0.3, 0.4) is 0 Å². The third-order valence-electron chi connectivity index (χ3n) is 5.56. The molecule has 1 fully saturated rings. The molecular weight excluding hydrogens is 405 g/mol. The number of carbonyl (C=O) groups excluding carboxylic acids is 1. The molecule has 1 aromatic heterocycles. The van der Waals surface area contributed by atoms with E-state index < -0.39 is 10.0 Å². The van der Waals surface area contributed by atoms with Crippen LogP contribution in [0.15, 0.2) is 59.6 Å². The van der Waals surface area contributed by atoms with Gasteiger partial charge in [-0.2, -0.15) is 4.31 Å². The second-order valence-corrected chi connectivity index (χ2v) is 9.50. The van der Waals surface area contributed by atoms with Crippen LogP contribution in [0.25, 0.3) is 10.9 Å². The molecule has 1 atom stereocenters. The van der Waals surface area contributed by atoms with Gasteiger partial charge in [0.25, 0.3) is 0 Å². The van der Waals surface area contributed by atoms with E-state index in [0.29, 0.717) is 32.4 Å². The number of hydrogen-bond acceptors (Lipinski definition) is 3. The minimum atomic E-state index is -3.60. The number of sulfonamides is 1. The molecule has 3 aromatic rings. The summed E-state index contributed by atoms with van der Waals surface area (Å²) >= 11 is 0. The van der Waals surface area contributed by atoms with Gasteiger partial charge in [0.15, 0.2) is 0 Å². The summed E-state index contributed by atoms with van der Waals surface area (Å²) in [5.74, 6) is -0.819. The van der Waals surface area contributed by atoms with Gasteiger partial charge in [-0.15, -0.1) is 0 Å². The SMILES string of the molecule is O=C(NCCc1c[nH]c2ccc(F)cc12)[C@@H]1CCCN(S(=O)(=O)c2ccccc2)C1. The van der Waals surface area contributed by atoms with E-state index in [9.17, 15) is 17.6 Å². The average Bonchev–Trinajstić information content (AvgIpc) is 3.16. The maximum atomic E-state index is 13.5. The largest absolute Gasteiger partial charge is 0.361 e. The van der Waals surface area contributed by atoms with Crippen LogP contribution in [0.1, 0.15) is 18.4 Å². The van der Waals surface area contributed by atoms with Crippen molar-refractivity contribution >= 4 is 26.8 Å². The fraction of sp³-hybridized carbons (Fsp3) is 0.318. The fourth-order valence-electron chi connectivity index (χ4n) is 3.94. The van der Waals surface area contributed by atoms with Crippen LogP contribution in [-0.4, -0.2) is 43.2 Å². The van der Waals surface area contributed by atoms with Crippen LogP contribution < -0.4 is 5.32 Å². The molecule has 1 amide bonds. The normalized spacial score (nSPS) is 17.8. The summed E-state index contributed by atoms with van der Waals surface area (Å²) in [4.78, 5) is 16.0. The van der Waals surface area contributed by atoms with Crippen molar-refractivity contribution in [1.29, 1.82) is 0 Å². The predicted molar refractivity (Wildman–Crippen MR) is 113 cm³/mol. The highest BCUT2D eigenvalue weighted by Crippen LogP contribution is 2.24. The number of rotatable bonds is 6. The van der Waals surface area contributed by atoms with Crippen LogP contribution in [0.4, 0.5) is 4.39 Å². The molecular formula is C22H24FN3O3S. The first-order chi connectivity index (χ1) is 14.4. The van der Waals surface area contributed by atoms with Crippen molar-refractivity contribution < 1.29 is 17.6 Å². The summed E-state index contributed by atoms with van der Waals surface area (Å²) in [5.41, 5.74) is 1.79. The topological polar surface area (TPSA) is 82.3 Å². The highest BCUT2D eigenvalue weighted by atomic mass is 32.2. The van der Waals surface area contributed by atoms with Crippen molar-refractivity contribution in [2.75, 3.05) is 19.6 Å². The minimum Gasteiger partial charge on any atom is -0.361 e. The van der Waals surface area contributed by atoms with Gasteiger partial charge in [-0.1, -0.05) is 18.2 Å². The van der Waals surface area contributed by atoms with E-state index in [1.165, 1.54) is 16.4 Å². The van der Waals surface area contributed by atoms with E-state index in [4.69, 9.17) is 0 Å². The van der Waals surface area contributed by atoms with Crippen LogP contribution >= 0.6 is 0 Å². The van der Waals surface area contributed by atoms with Gasteiger partial charge < -0.3 is 10.3 Å². The van der Waals surface area contributed by atoms with E-state index in [2.05, 4.69) is 10.3 Å². The molecule has 2 heterocycles. The number of benzene rings is 2. The quantitative estimate of drug-likeness (QED) is 0.632. The number of carbonyl (C=O) groups is 1. The molecule has 158 valence electrons. The number of hydrogen-bond donors (Lipinski definition) is 2. The minimum absolute atomic E-state index is 0.144. The molecule has 30 heavy (non-hydrogen) atoms. The van der Waals surface area contributed by atoms with Crippen molar-refractivity contribution in [3.8, 4) is 0 Å². The van der Waals surface area contributed by atoms with E-state index in [0.717, 1.165) is 16.5 Å². The van der Waals surface area contributed by atoms with Gasteiger partial charge in [0.2, 0.25) is 15.9 Å². The van der Waals surface area contributed by atoms with Gasteiger partial charge in [-0.3, -0.25) is 4.79 Å². The smallest absolute Gasteiger partial charge is 0.243 e. The molecule has 0 aliphatic carbocycles. The van der Waals surface area contributed by atoms with Crippen molar-refractivity contribution in [1.82, 2.24) is 14.6 Å². The van der Waals surface area contributed by atoms with Gasteiger partial charge in [-0.25, -0.2) is 12.8 Å². The van der Waals surface area contributed by atoms with Gasteiger partial charge in [0.05, 0.1) is 10.8 Å². The molecule has 6 nitrogen and oxygen atoms in total. The molecule has 0 spiro atoms. The Kier molecular flexibility index (Phi) is 5.87. The fourth-order valence-corrected chi connectivity index (χ4v) is 5.48. The molecule has 0 bridgehead atoms. The molecule has 0 unspecified atom stereocenters. The molecule has 2 aromatic carbocycles. The number of aromatic nitrogens is 1. The first-order valence-corrected chi connectivity index (χ1v) is 11.5. The monoisotopic (exact) mass is 429 g/mol. The van der Waals surface area contributed by atoms with Crippen molar-refractivity contribution in [3.63, 3.8) is 0 Å². The van der Waals surface area contributed by atoms with Crippen molar-refractivity contribution in [2.24, 2.45) is 5.92 Å². The number of amides is 1. The summed E-state index contributed by atoms with van der Waals surface area (Å²) in [6.45, 7) is 1.01. The standard InChI is InChI=1S/C22H24FN3O3S/c23-18-8-9-21-20(13-18)16(14-25-21)10-11-24-22(27)17-5-4-12-26(15-17)30(28,29)19-6-2-1-3-7-19/h1-3,6-9,13-14,17,25H,4-5,10-12,15H2,(H,24,27)/t17-/m1/s1. The lowest BCUT2D eigenvalue weighted by molar-refractivity contribution is -0.126. The lowest BCUT2D eigenvalue weighted by atomic mass is 9.98. The first-order valence-electron chi connectivity index (χ1n) is 10.0. The number of aromatic amines is 1. The molecule has 2 N–H and O–H groups in total. The Morgan fingerprint density at radius 2 is 2.00 bits per heavy atom. The zero-order valence-corrected chi connectivity index (χ0v) is 17.3. The summed E-state index contributed by atoms with van der Waals surface area (Å²) in [7, 11) is -3.60. The Morgan fingerprint density at radius 3 is 2.80 bits per heavy atom. The molecule has 8 heteroatoms. The van der Waals surface area contributed by atoms with Crippen LogP contribution in [0.5, 0.6) is 0 Å². The molecule has 0 saturated carbocycles. The third kappa shape index (κ3) is 4.24. The average molecular weight is 430 g/mol. The van der Waals surface area contributed by atoms with Crippen molar-refractivity contribution in [3.05, 3.63) is 66.1 Å². The van der Waals surface area contributed by atoms with Gasteiger partial charge >= 0.3 is 0 Å². The van der Waals surface area contributed by atoms with E-state index in [1.54, 1.807) is 36.4 Å². The number of nitrogens with zero attached hydrogens (tertiary/aromatic N) is 1. The molecule has 1 saturated heterocycles. The van der Waals surface area contributed by atoms with Gasteiger partial charge in [0.1, 0.15) is 5.82 Å². The summed E-state index contributed by atoms with van der Waals surface area (Å²) in [6, 6.07) is 12.9. The third-order valence-corrected chi connectivity index (χ3v) is 7.44. The highest BCUT2D eigenvalue weighted by Gasteiger charge is 2.33. The number of H-pyrrole nitrogens is 1. The zero-order chi connectivity index (χ0) is 21.1. The number of piperidine rings is 1. The van der Waals surface area contributed by atoms with Gasteiger partial charge in [-0.05, 0) is 55.2 Å². The van der Waals surface area contributed by atoms with Crippen LogP contribution in [0, 0.1) is 11.7 Å². The van der Waals surface area contributed by atoms with E-state index in [1.807, 2.05) is 6.20 Å². The van der Waals surface area contributed by atoms with Crippen LogP contribution in [-0.2, 0) is 21.2 Å². The Balaban J connectivity index is 1.36. The summed E-state index contributed by atoms with van der Waals surface area (Å²) < 4.78 is 40.6. The highest BCUT2D eigenvalue weighted by molar-refractivity contribution is 7.89. The maximum Gasteiger partial charge on any atom is 0.243 e. The van der Waals surface area contributed by atoms with Crippen LogP contribution in [0.2, 0.25) is 0 Å². The number of halogens is 1. The number of fused-ring (bicyclic) bond motifs is 1. The Hall–Kier alpha value is -2.71. The van der Waals surface area contributed by atoms with Crippen molar-refractivity contribution in [2.45, 2.75) is 24.2 Å². The van der Waals surface area contributed by atoms with Gasteiger partial charge in [0, 0.05) is 36.7 Å². The molecule has 4 rings (SSSR count). The maximum absolute atomic E-state index is 13.5. The predicted octanol–water partition coefficient (Wildman–Crippen LogP) is 3.07. The van der Waals surface area contributed by atoms with E-state index in [-0.39, 0.29) is 29.1 Å². The Morgan fingerprint density at radius 1 is 1.20 bits per heavy atom. The number of nitrogens with one attached hydrogen (secondary N) is 2. The second kappa shape index (κ2) is 8.57. The molecule has 1 aliphatic rings. The summed E-state index contributed by atoms with van der Waals surface area (Å²) in [6.07, 6.45) is 3.69. The van der Waals surface area contributed by atoms with E-state index >= 15 is 0 Å². The first kappa shape index (κ1) is 20.6.